The van der Waals surface area contributed by atoms with Gasteiger partial charge in [-0.1, -0.05) is 12.7 Å². The van der Waals surface area contributed by atoms with Gasteiger partial charge in [0.15, 0.2) is 11.6 Å². The van der Waals surface area contributed by atoms with Crippen LogP contribution in [0.15, 0.2) is 18.8 Å². The number of hydrogen-bond acceptors (Lipinski definition) is 3. The van der Waals surface area contributed by atoms with E-state index >= 15 is 0 Å². The summed E-state index contributed by atoms with van der Waals surface area (Å²) in [4.78, 5) is 6.16. The molecular formula is C10H14N2O. The van der Waals surface area contributed by atoms with E-state index in [4.69, 9.17) is 4.74 Å². The highest BCUT2D eigenvalue weighted by Gasteiger charge is 2.05. The molecule has 0 saturated heterocycles. The molecular weight excluding hydrogens is 164 g/mol. The summed E-state index contributed by atoms with van der Waals surface area (Å²) in [6.07, 6.45) is 3.51. The highest BCUT2D eigenvalue weighted by molar-refractivity contribution is 5.58. The molecule has 0 aromatic carbocycles. The summed E-state index contributed by atoms with van der Waals surface area (Å²) >= 11 is 0. The Hall–Kier alpha value is -1.51. The molecule has 0 spiro atoms. The highest BCUT2D eigenvalue weighted by Crippen LogP contribution is 2.24. The van der Waals surface area contributed by atoms with Crippen molar-refractivity contribution >= 4 is 11.9 Å². The molecule has 3 nitrogen and oxygen atoms in total. The predicted molar refractivity (Wildman–Crippen MR) is 55.2 cm³/mol. The molecule has 3 heteroatoms. The van der Waals surface area contributed by atoms with Gasteiger partial charge in [0.2, 0.25) is 0 Å². The number of hydrogen-bond donors (Lipinski definition) is 0. The first-order valence-electron chi connectivity index (χ1n) is 4.03. The van der Waals surface area contributed by atoms with E-state index in [1.807, 2.05) is 25.1 Å². The molecule has 0 saturated carbocycles. The lowest BCUT2D eigenvalue weighted by Gasteiger charge is -2.15. The maximum atomic E-state index is 5.20. The average Bonchev–Trinajstić information content (AvgIpc) is 2.16. The molecule has 0 aliphatic heterocycles. The smallest absolute Gasteiger partial charge is 0.170 e. The van der Waals surface area contributed by atoms with E-state index in [1.165, 1.54) is 0 Å². The number of anilines is 1. The van der Waals surface area contributed by atoms with Crippen LogP contribution < -0.4 is 9.64 Å². The zero-order valence-corrected chi connectivity index (χ0v) is 8.24. The normalized spacial score (nSPS) is 9.46. The standard InChI is InChI=1S/C10H14N2O/c1-5-8-6-9(13-4)10(11-7-8)12(2)3/h5-7H,1H2,2-4H3. The van der Waals surface area contributed by atoms with Gasteiger partial charge in [0.1, 0.15) is 0 Å². The quantitative estimate of drug-likeness (QED) is 0.705. The molecule has 1 aromatic heterocycles. The molecule has 13 heavy (non-hydrogen) atoms. The van der Waals surface area contributed by atoms with Crippen LogP contribution in [-0.4, -0.2) is 26.2 Å². The average molecular weight is 178 g/mol. The third-order valence-corrected chi connectivity index (χ3v) is 1.73. The lowest BCUT2D eigenvalue weighted by molar-refractivity contribution is 0.413. The highest BCUT2D eigenvalue weighted by atomic mass is 16.5. The number of pyridine rings is 1. The second-order valence-electron chi connectivity index (χ2n) is 2.89. The maximum Gasteiger partial charge on any atom is 0.170 e. The monoisotopic (exact) mass is 178 g/mol. The van der Waals surface area contributed by atoms with Crippen LogP contribution in [0.25, 0.3) is 6.08 Å². The second kappa shape index (κ2) is 3.94. The van der Waals surface area contributed by atoms with Crippen LogP contribution in [0.5, 0.6) is 5.75 Å². The fourth-order valence-electron chi connectivity index (χ4n) is 1.05. The number of methoxy groups -OCH3 is 1. The zero-order chi connectivity index (χ0) is 9.84. The zero-order valence-electron chi connectivity index (χ0n) is 8.24. The number of nitrogens with zero attached hydrogens (tertiary/aromatic N) is 2. The fraction of sp³-hybridized carbons (Fsp3) is 0.300. The summed E-state index contributed by atoms with van der Waals surface area (Å²) in [6, 6.07) is 1.91. The number of ether oxygens (including phenoxy) is 1. The van der Waals surface area contributed by atoms with Gasteiger partial charge in [-0.3, -0.25) is 0 Å². The Morgan fingerprint density at radius 2 is 2.23 bits per heavy atom. The van der Waals surface area contributed by atoms with Gasteiger partial charge in [-0.25, -0.2) is 4.98 Å². The van der Waals surface area contributed by atoms with Crippen molar-refractivity contribution in [1.82, 2.24) is 4.98 Å². The van der Waals surface area contributed by atoms with E-state index in [-0.39, 0.29) is 0 Å². The van der Waals surface area contributed by atoms with Crippen LogP contribution in [0.1, 0.15) is 5.56 Å². The van der Waals surface area contributed by atoms with Gasteiger partial charge in [-0.15, -0.1) is 0 Å². The molecule has 1 rings (SSSR count). The molecule has 0 atom stereocenters. The third-order valence-electron chi connectivity index (χ3n) is 1.73. The molecule has 70 valence electrons. The van der Waals surface area contributed by atoms with Gasteiger partial charge in [0.25, 0.3) is 0 Å². The minimum atomic E-state index is 0.766. The number of aromatic nitrogens is 1. The Morgan fingerprint density at radius 3 is 2.69 bits per heavy atom. The molecule has 1 heterocycles. The fourth-order valence-corrected chi connectivity index (χ4v) is 1.05. The van der Waals surface area contributed by atoms with E-state index < -0.39 is 0 Å². The summed E-state index contributed by atoms with van der Waals surface area (Å²) in [7, 11) is 5.49. The minimum Gasteiger partial charge on any atom is -0.493 e. The Morgan fingerprint density at radius 1 is 1.54 bits per heavy atom. The summed E-state index contributed by atoms with van der Waals surface area (Å²) in [6.45, 7) is 3.67. The first-order chi connectivity index (χ1) is 6.19. The van der Waals surface area contributed by atoms with Gasteiger partial charge in [0, 0.05) is 20.3 Å². The molecule has 1 aromatic rings. The molecule has 0 N–H and O–H groups in total. The van der Waals surface area contributed by atoms with Crippen LogP contribution in [0.3, 0.4) is 0 Å². The Labute approximate surface area is 78.7 Å². The van der Waals surface area contributed by atoms with E-state index in [2.05, 4.69) is 11.6 Å². The van der Waals surface area contributed by atoms with Crippen molar-refractivity contribution in [3.63, 3.8) is 0 Å². The van der Waals surface area contributed by atoms with Crippen molar-refractivity contribution in [2.24, 2.45) is 0 Å². The van der Waals surface area contributed by atoms with Crippen LogP contribution in [0, 0.1) is 0 Å². The molecule has 0 aliphatic carbocycles. The van der Waals surface area contributed by atoms with Gasteiger partial charge in [0.05, 0.1) is 7.11 Å². The number of rotatable bonds is 3. The molecule has 0 aliphatic rings. The molecule has 0 bridgehead atoms. The van der Waals surface area contributed by atoms with Crippen molar-refractivity contribution in [3.8, 4) is 5.75 Å². The van der Waals surface area contributed by atoms with Gasteiger partial charge in [-0.05, 0) is 11.6 Å². The van der Waals surface area contributed by atoms with E-state index in [0.29, 0.717) is 0 Å². The summed E-state index contributed by atoms with van der Waals surface area (Å²) in [5.74, 6) is 1.59. The lowest BCUT2D eigenvalue weighted by atomic mass is 10.2. The van der Waals surface area contributed by atoms with E-state index in [0.717, 1.165) is 17.1 Å². The Kier molecular flexibility index (Phi) is 2.90. The minimum absolute atomic E-state index is 0.766. The van der Waals surface area contributed by atoms with Crippen molar-refractivity contribution < 1.29 is 4.74 Å². The van der Waals surface area contributed by atoms with Crippen LogP contribution in [-0.2, 0) is 0 Å². The van der Waals surface area contributed by atoms with Crippen molar-refractivity contribution in [2.75, 3.05) is 26.1 Å². The second-order valence-corrected chi connectivity index (χ2v) is 2.89. The van der Waals surface area contributed by atoms with E-state index in [1.54, 1.807) is 19.4 Å². The Bertz CT molecular complexity index is 308. The van der Waals surface area contributed by atoms with Gasteiger partial charge in [-0.2, -0.15) is 0 Å². The van der Waals surface area contributed by atoms with Gasteiger partial charge >= 0.3 is 0 Å². The molecule has 0 amide bonds. The van der Waals surface area contributed by atoms with Crippen LogP contribution in [0.2, 0.25) is 0 Å². The van der Waals surface area contributed by atoms with Crippen LogP contribution in [0.4, 0.5) is 5.82 Å². The van der Waals surface area contributed by atoms with Crippen molar-refractivity contribution in [2.45, 2.75) is 0 Å². The molecule has 0 fully saturated rings. The Balaban J connectivity index is 3.15. The largest absolute Gasteiger partial charge is 0.493 e. The maximum absolute atomic E-state index is 5.20. The molecule has 0 radical (unpaired) electrons. The first kappa shape index (κ1) is 9.58. The van der Waals surface area contributed by atoms with Crippen LogP contribution >= 0.6 is 0 Å². The molecule has 0 unspecified atom stereocenters. The topological polar surface area (TPSA) is 25.4 Å². The summed E-state index contributed by atoms with van der Waals surface area (Å²) in [5.41, 5.74) is 0.961. The van der Waals surface area contributed by atoms with Gasteiger partial charge < -0.3 is 9.64 Å². The van der Waals surface area contributed by atoms with Crippen molar-refractivity contribution in [3.05, 3.63) is 24.4 Å². The predicted octanol–water partition coefficient (Wildman–Crippen LogP) is 1.80. The third kappa shape index (κ3) is 1.99. The summed E-state index contributed by atoms with van der Waals surface area (Å²) < 4.78 is 5.20. The van der Waals surface area contributed by atoms with Crippen molar-refractivity contribution in [1.29, 1.82) is 0 Å². The summed E-state index contributed by atoms with van der Waals surface area (Å²) in [5, 5.41) is 0. The first-order valence-corrected chi connectivity index (χ1v) is 4.03. The van der Waals surface area contributed by atoms with E-state index in [9.17, 15) is 0 Å². The SMILES string of the molecule is C=Cc1cnc(N(C)C)c(OC)c1. The lowest BCUT2D eigenvalue weighted by Crippen LogP contribution is -2.12.